The molecular weight excluding hydrogens is 210 g/mol. The SMILES string of the molecule is CCC(OC)C(N)Cc1ccc(Cl)cc1. The summed E-state index contributed by atoms with van der Waals surface area (Å²) in [5, 5.41) is 0.756. The van der Waals surface area contributed by atoms with Crippen LogP contribution in [0.4, 0.5) is 0 Å². The molecule has 84 valence electrons. The average Bonchev–Trinajstić information content (AvgIpc) is 2.23. The minimum atomic E-state index is 0.0428. The molecule has 0 aromatic heterocycles. The van der Waals surface area contributed by atoms with Gasteiger partial charge in [-0.3, -0.25) is 0 Å². The number of hydrogen-bond acceptors (Lipinski definition) is 2. The average molecular weight is 228 g/mol. The van der Waals surface area contributed by atoms with Gasteiger partial charge in [-0.25, -0.2) is 0 Å². The summed E-state index contributed by atoms with van der Waals surface area (Å²) in [5.41, 5.74) is 7.25. The lowest BCUT2D eigenvalue weighted by Crippen LogP contribution is -2.37. The first-order valence-electron chi connectivity index (χ1n) is 5.20. The van der Waals surface area contributed by atoms with Gasteiger partial charge in [-0.1, -0.05) is 30.7 Å². The van der Waals surface area contributed by atoms with E-state index in [1.54, 1.807) is 7.11 Å². The maximum atomic E-state index is 6.05. The lowest BCUT2D eigenvalue weighted by molar-refractivity contribution is 0.0773. The van der Waals surface area contributed by atoms with Gasteiger partial charge in [0.05, 0.1) is 6.10 Å². The molecule has 2 unspecified atom stereocenters. The van der Waals surface area contributed by atoms with E-state index in [0.29, 0.717) is 0 Å². The van der Waals surface area contributed by atoms with Crippen molar-refractivity contribution in [1.29, 1.82) is 0 Å². The quantitative estimate of drug-likeness (QED) is 0.840. The Kier molecular flexibility index (Phi) is 5.09. The molecule has 3 heteroatoms. The number of nitrogens with two attached hydrogens (primary N) is 1. The maximum Gasteiger partial charge on any atom is 0.0722 e. The van der Waals surface area contributed by atoms with Crippen LogP contribution in [0.3, 0.4) is 0 Å². The van der Waals surface area contributed by atoms with Crippen LogP contribution in [0.25, 0.3) is 0 Å². The van der Waals surface area contributed by atoms with Gasteiger partial charge in [0, 0.05) is 18.2 Å². The summed E-state index contributed by atoms with van der Waals surface area (Å²) in [4.78, 5) is 0. The zero-order chi connectivity index (χ0) is 11.3. The van der Waals surface area contributed by atoms with Gasteiger partial charge in [0.2, 0.25) is 0 Å². The van der Waals surface area contributed by atoms with E-state index in [0.717, 1.165) is 17.9 Å². The second-order valence-electron chi connectivity index (χ2n) is 3.68. The van der Waals surface area contributed by atoms with Crippen LogP contribution in [0, 0.1) is 0 Å². The van der Waals surface area contributed by atoms with E-state index < -0.39 is 0 Å². The van der Waals surface area contributed by atoms with Crippen LogP contribution in [-0.2, 0) is 11.2 Å². The van der Waals surface area contributed by atoms with E-state index in [9.17, 15) is 0 Å². The fourth-order valence-electron chi connectivity index (χ4n) is 1.67. The van der Waals surface area contributed by atoms with Gasteiger partial charge in [0.1, 0.15) is 0 Å². The third-order valence-corrected chi connectivity index (χ3v) is 2.82. The van der Waals surface area contributed by atoms with Crippen LogP contribution < -0.4 is 5.73 Å². The molecule has 0 saturated carbocycles. The summed E-state index contributed by atoms with van der Waals surface area (Å²) in [6.07, 6.45) is 1.88. The summed E-state index contributed by atoms with van der Waals surface area (Å²) in [7, 11) is 1.70. The van der Waals surface area contributed by atoms with E-state index >= 15 is 0 Å². The smallest absolute Gasteiger partial charge is 0.0722 e. The Labute approximate surface area is 96.4 Å². The number of halogens is 1. The molecule has 2 nitrogen and oxygen atoms in total. The molecule has 0 bridgehead atoms. The Morgan fingerprint density at radius 1 is 1.33 bits per heavy atom. The first-order valence-corrected chi connectivity index (χ1v) is 5.58. The predicted octanol–water partition coefficient (Wildman–Crippen LogP) is 2.63. The highest BCUT2D eigenvalue weighted by atomic mass is 35.5. The molecular formula is C12H18ClNO. The third-order valence-electron chi connectivity index (χ3n) is 2.57. The van der Waals surface area contributed by atoms with E-state index in [1.807, 2.05) is 24.3 Å². The zero-order valence-corrected chi connectivity index (χ0v) is 10.00. The Morgan fingerprint density at radius 2 is 1.93 bits per heavy atom. The number of hydrogen-bond donors (Lipinski definition) is 1. The van der Waals surface area contributed by atoms with Crippen molar-refractivity contribution in [2.45, 2.75) is 31.9 Å². The molecule has 2 atom stereocenters. The number of ether oxygens (including phenoxy) is 1. The van der Waals surface area contributed by atoms with Crippen LogP contribution >= 0.6 is 11.6 Å². The second kappa shape index (κ2) is 6.11. The van der Waals surface area contributed by atoms with Gasteiger partial charge in [0.15, 0.2) is 0 Å². The molecule has 0 spiro atoms. The van der Waals surface area contributed by atoms with Gasteiger partial charge >= 0.3 is 0 Å². The maximum absolute atomic E-state index is 6.05. The van der Waals surface area contributed by atoms with Crippen LogP contribution in [0.15, 0.2) is 24.3 Å². The summed E-state index contributed by atoms with van der Waals surface area (Å²) >= 11 is 5.81. The molecule has 0 aliphatic carbocycles. The number of methoxy groups -OCH3 is 1. The summed E-state index contributed by atoms with van der Waals surface area (Å²) in [6, 6.07) is 7.82. The van der Waals surface area contributed by atoms with Crippen LogP contribution in [0.5, 0.6) is 0 Å². The van der Waals surface area contributed by atoms with E-state index in [2.05, 4.69) is 6.92 Å². The summed E-state index contributed by atoms with van der Waals surface area (Å²) in [5.74, 6) is 0. The van der Waals surface area contributed by atoms with Crippen molar-refractivity contribution in [3.63, 3.8) is 0 Å². The first-order chi connectivity index (χ1) is 7.17. The molecule has 0 radical (unpaired) electrons. The van der Waals surface area contributed by atoms with E-state index in [-0.39, 0.29) is 12.1 Å². The molecule has 0 aliphatic heterocycles. The monoisotopic (exact) mass is 227 g/mol. The topological polar surface area (TPSA) is 35.2 Å². The van der Waals surface area contributed by atoms with Gasteiger partial charge in [-0.15, -0.1) is 0 Å². The van der Waals surface area contributed by atoms with Crippen molar-refractivity contribution in [3.8, 4) is 0 Å². The van der Waals surface area contributed by atoms with Crippen LogP contribution in [0.2, 0.25) is 5.02 Å². The van der Waals surface area contributed by atoms with E-state index in [1.165, 1.54) is 5.56 Å². The first kappa shape index (κ1) is 12.5. The molecule has 0 fully saturated rings. The molecule has 0 heterocycles. The highest BCUT2D eigenvalue weighted by molar-refractivity contribution is 6.30. The Bertz CT molecular complexity index is 282. The predicted molar refractivity (Wildman–Crippen MR) is 64.2 cm³/mol. The largest absolute Gasteiger partial charge is 0.380 e. The molecule has 0 aliphatic rings. The molecule has 1 aromatic carbocycles. The van der Waals surface area contributed by atoms with Crippen molar-refractivity contribution in [1.82, 2.24) is 0 Å². The van der Waals surface area contributed by atoms with Gasteiger partial charge in [-0.05, 0) is 30.5 Å². The minimum absolute atomic E-state index is 0.0428. The van der Waals surface area contributed by atoms with E-state index in [4.69, 9.17) is 22.1 Å². The van der Waals surface area contributed by atoms with Crippen LogP contribution in [-0.4, -0.2) is 19.3 Å². The Balaban J connectivity index is 2.57. The highest BCUT2D eigenvalue weighted by Crippen LogP contribution is 2.13. The molecule has 0 amide bonds. The number of rotatable bonds is 5. The number of benzene rings is 1. The van der Waals surface area contributed by atoms with Crippen LogP contribution in [0.1, 0.15) is 18.9 Å². The lowest BCUT2D eigenvalue weighted by atomic mass is 10.0. The van der Waals surface area contributed by atoms with Gasteiger partial charge in [-0.2, -0.15) is 0 Å². The fourth-order valence-corrected chi connectivity index (χ4v) is 1.79. The van der Waals surface area contributed by atoms with Crippen molar-refractivity contribution >= 4 is 11.6 Å². The fraction of sp³-hybridized carbons (Fsp3) is 0.500. The zero-order valence-electron chi connectivity index (χ0n) is 9.24. The molecule has 15 heavy (non-hydrogen) atoms. The van der Waals surface area contributed by atoms with Crippen molar-refractivity contribution in [2.24, 2.45) is 5.73 Å². The lowest BCUT2D eigenvalue weighted by Gasteiger charge is -2.21. The van der Waals surface area contributed by atoms with Crippen molar-refractivity contribution in [2.75, 3.05) is 7.11 Å². The molecule has 0 saturated heterocycles. The van der Waals surface area contributed by atoms with Gasteiger partial charge < -0.3 is 10.5 Å². The molecule has 2 N–H and O–H groups in total. The normalized spacial score (nSPS) is 14.9. The Hall–Kier alpha value is -0.570. The Morgan fingerprint density at radius 3 is 2.40 bits per heavy atom. The third kappa shape index (κ3) is 3.82. The standard InChI is InChI=1S/C12H18ClNO/c1-3-12(15-2)11(14)8-9-4-6-10(13)7-5-9/h4-7,11-12H,3,8,14H2,1-2H3. The highest BCUT2D eigenvalue weighted by Gasteiger charge is 2.15. The van der Waals surface area contributed by atoms with Gasteiger partial charge in [0.25, 0.3) is 0 Å². The summed E-state index contributed by atoms with van der Waals surface area (Å²) in [6.45, 7) is 2.08. The molecule has 1 rings (SSSR count). The summed E-state index contributed by atoms with van der Waals surface area (Å²) < 4.78 is 5.31. The second-order valence-corrected chi connectivity index (χ2v) is 4.11. The van der Waals surface area contributed by atoms with Crippen molar-refractivity contribution < 1.29 is 4.74 Å². The molecule has 1 aromatic rings. The van der Waals surface area contributed by atoms with Crippen molar-refractivity contribution in [3.05, 3.63) is 34.9 Å². The minimum Gasteiger partial charge on any atom is -0.380 e.